The summed E-state index contributed by atoms with van der Waals surface area (Å²) in [7, 11) is 0. The molecule has 1 N–H and O–H groups in total. The van der Waals surface area contributed by atoms with E-state index in [0.717, 1.165) is 12.8 Å². The van der Waals surface area contributed by atoms with E-state index in [1.807, 2.05) is 0 Å². The number of hydrogen-bond donors (Lipinski definition) is 1. The van der Waals surface area contributed by atoms with Gasteiger partial charge in [0.25, 0.3) is 0 Å². The summed E-state index contributed by atoms with van der Waals surface area (Å²) in [5.74, 6) is 0.0486. The number of aliphatic hydroxyl groups is 1. The molecule has 26 heavy (non-hydrogen) atoms. The van der Waals surface area contributed by atoms with Crippen LogP contribution in [0.2, 0.25) is 13.3 Å². The molecule has 0 saturated carbocycles. The topological polar surface area (TPSA) is 37.3 Å². The molecule has 0 aliphatic rings. The van der Waals surface area contributed by atoms with Crippen molar-refractivity contribution in [2.24, 2.45) is 0 Å². The molecule has 0 amide bonds. The number of alkyl halides is 1. The number of Topliss-reactive ketones (excluding diaryl/α,β-unsaturated/α-hetero) is 1. The van der Waals surface area contributed by atoms with Crippen LogP contribution in [0.25, 0.3) is 0 Å². The Labute approximate surface area is 180 Å². The normalized spacial score (nSPS) is 13.2. The molecule has 0 aromatic heterocycles. The van der Waals surface area contributed by atoms with E-state index in [2.05, 4.69) is 43.6 Å². The summed E-state index contributed by atoms with van der Waals surface area (Å²) < 4.78 is 5.04. The van der Waals surface area contributed by atoms with Crippen molar-refractivity contribution in [2.45, 2.75) is 129 Å². The van der Waals surface area contributed by atoms with Crippen LogP contribution in [0.1, 0.15) is 105 Å². The van der Waals surface area contributed by atoms with Gasteiger partial charge in [0.15, 0.2) is 0 Å². The predicted octanol–water partition coefficient (Wildman–Crippen LogP) is 7.55. The second-order valence-corrected chi connectivity index (χ2v) is 17.3. The molecule has 4 heteroatoms. The number of carbonyl (C=O) groups is 1. The van der Waals surface area contributed by atoms with Crippen LogP contribution in [0.5, 0.6) is 0 Å². The number of hydrogen-bond acceptors (Lipinski definition) is 2. The van der Waals surface area contributed by atoms with Crippen molar-refractivity contribution in [2.75, 3.05) is 0 Å². The Morgan fingerprint density at radius 1 is 0.846 bits per heavy atom. The van der Waals surface area contributed by atoms with Gasteiger partial charge in [-0.25, -0.2) is 0 Å². The second-order valence-electron chi connectivity index (χ2n) is 7.55. The molecule has 0 aliphatic carbocycles. The Morgan fingerprint density at radius 3 is 1.62 bits per heavy atom. The zero-order valence-electron chi connectivity index (χ0n) is 18.3. The molecule has 0 aromatic carbocycles. The van der Waals surface area contributed by atoms with Gasteiger partial charge in [0, 0.05) is 11.2 Å². The van der Waals surface area contributed by atoms with Crippen LogP contribution in [-0.2, 0) is 4.79 Å². The van der Waals surface area contributed by atoms with Crippen LogP contribution >= 0.6 is 15.9 Å². The third-order valence-electron chi connectivity index (χ3n) is 4.65. The van der Waals surface area contributed by atoms with Gasteiger partial charge in [0.05, 0.1) is 6.10 Å². The Balaban J connectivity index is 0. The zero-order chi connectivity index (χ0) is 20.2. The van der Waals surface area contributed by atoms with E-state index < -0.39 is 25.9 Å². The van der Waals surface area contributed by atoms with E-state index >= 15 is 0 Å². The summed E-state index contributed by atoms with van der Waals surface area (Å²) in [5.41, 5.74) is 0. The van der Waals surface area contributed by atoms with Gasteiger partial charge in [-0.1, -0.05) is 42.1 Å². The van der Waals surface area contributed by atoms with Crippen molar-refractivity contribution in [3.05, 3.63) is 0 Å². The molecule has 2 atom stereocenters. The van der Waals surface area contributed by atoms with Crippen LogP contribution in [-0.4, -0.2) is 41.6 Å². The standard InChI is InChI=1S/C10H19BrO2.3C4H9.Sn/c1-3-4-5-6-9(11)10(13)7-8(2)12;3*1-3-4-2;/h9-10,13H,3-7H2,1-2H3;3*1,3-4H2,2H3;/t9-,10+;;;;/m0..../s1. The van der Waals surface area contributed by atoms with Crippen molar-refractivity contribution in [1.29, 1.82) is 0 Å². The predicted molar refractivity (Wildman–Crippen MR) is 123 cm³/mol. The fourth-order valence-corrected chi connectivity index (χ4v) is 12.8. The summed E-state index contributed by atoms with van der Waals surface area (Å²) in [6, 6.07) is 0. The fraction of sp³-hybridized carbons (Fsp3) is 0.955. The monoisotopic (exact) mass is 541 g/mol. The number of ketones is 1. The van der Waals surface area contributed by atoms with Crippen LogP contribution in [0.4, 0.5) is 0 Å². The SMILES string of the molecule is CCCCC[C@H](Br)[C@H](O)CC(C)=O.CCC[CH2][Sn]([CH2]CCC)[CH2]CCC. The van der Waals surface area contributed by atoms with Crippen molar-refractivity contribution in [3.63, 3.8) is 0 Å². The first-order valence-electron chi connectivity index (χ1n) is 11.1. The van der Waals surface area contributed by atoms with Gasteiger partial charge < -0.3 is 5.11 Å². The number of carbonyl (C=O) groups excluding carboxylic acids is 1. The van der Waals surface area contributed by atoms with E-state index in [4.69, 9.17) is 0 Å². The number of halogens is 1. The minimum absolute atomic E-state index is 0.0486. The number of rotatable bonds is 16. The molecule has 1 radical (unpaired) electrons. The summed E-state index contributed by atoms with van der Waals surface area (Å²) >= 11 is 2.56. The van der Waals surface area contributed by atoms with Crippen LogP contribution < -0.4 is 0 Å². The first-order chi connectivity index (χ1) is 12.4. The van der Waals surface area contributed by atoms with E-state index in [9.17, 15) is 9.90 Å². The Bertz CT molecular complexity index is 281. The fourth-order valence-electron chi connectivity index (χ4n) is 2.86. The molecular weight excluding hydrogens is 495 g/mol. The summed E-state index contributed by atoms with van der Waals surface area (Å²) in [4.78, 5) is 10.8. The molecule has 0 fully saturated rings. The van der Waals surface area contributed by atoms with Crippen LogP contribution in [0, 0.1) is 0 Å². The molecule has 2 nitrogen and oxygen atoms in total. The van der Waals surface area contributed by atoms with Gasteiger partial charge in [-0.15, -0.1) is 0 Å². The van der Waals surface area contributed by atoms with Crippen molar-refractivity contribution >= 4 is 41.5 Å². The second kappa shape index (κ2) is 22.2. The Hall–Kier alpha value is 0.909. The van der Waals surface area contributed by atoms with Crippen molar-refractivity contribution < 1.29 is 9.90 Å². The molecule has 0 aliphatic heterocycles. The molecule has 0 unspecified atom stereocenters. The van der Waals surface area contributed by atoms with Crippen molar-refractivity contribution in [1.82, 2.24) is 0 Å². The van der Waals surface area contributed by atoms with Gasteiger partial charge in [0.2, 0.25) is 0 Å². The third kappa shape index (κ3) is 21.2. The first-order valence-corrected chi connectivity index (χ1v) is 18.0. The number of unbranched alkanes of at least 4 members (excludes halogenated alkanes) is 5. The molecule has 0 rings (SSSR count). The first kappa shape index (κ1) is 29.1. The maximum atomic E-state index is 10.7. The van der Waals surface area contributed by atoms with Gasteiger partial charge in [-0.3, -0.25) is 4.79 Å². The van der Waals surface area contributed by atoms with Gasteiger partial charge >= 0.3 is 92.4 Å². The molecular formula is C22H46BrO2Sn. The third-order valence-corrected chi connectivity index (χ3v) is 14.8. The van der Waals surface area contributed by atoms with Crippen molar-refractivity contribution in [3.8, 4) is 0 Å². The van der Waals surface area contributed by atoms with E-state index in [1.54, 1.807) is 13.3 Å². The van der Waals surface area contributed by atoms with E-state index in [-0.39, 0.29) is 17.0 Å². The molecule has 0 heterocycles. The minimum atomic E-state index is -0.839. The molecule has 0 saturated heterocycles. The summed E-state index contributed by atoms with van der Waals surface area (Å²) in [6.45, 7) is 10.7. The average molecular weight is 541 g/mol. The molecule has 0 spiro atoms. The Morgan fingerprint density at radius 2 is 1.27 bits per heavy atom. The van der Waals surface area contributed by atoms with Gasteiger partial charge in [-0.05, 0) is 13.3 Å². The van der Waals surface area contributed by atoms with Gasteiger partial charge in [0.1, 0.15) is 5.78 Å². The maximum absolute atomic E-state index is 10.7. The molecule has 0 aromatic rings. The quantitative estimate of drug-likeness (QED) is 0.125. The molecule has 157 valence electrons. The van der Waals surface area contributed by atoms with Crippen LogP contribution in [0.3, 0.4) is 0 Å². The van der Waals surface area contributed by atoms with E-state index in [1.165, 1.54) is 58.3 Å². The van der Waals surface area contributed by atoms with E-state index in [0.29, 0.717) is 0 Å². The average Bonchev–Trinajstić information content (AvgIpc) is 2.61. The summed E-state index contributed by atoms with van der Waals surface area (Å²) in [6.07, 6.45) is 13.0. The summed E-state index contributed by atoms with van der Waals surface area (Å²) in [5, 5.41) is 9.52. The number of aliphatic hydroxyl groups excluding tert-OH is 1. The van der Waals surface area contributed by atoms with Gasteiger partial charge in [-0.2, -0.15) is 0 Å². The zero-order valence-corrected chi connectivity index (χ0v) is 22.7. The molecule has 0 bridgehead atoms. The van der Waals surface area contributed by atoms with Crippen LogP contribution in [0.15, 0.2) is 0 Å². The Kier molecular flexibility index (Phi) is 24.9.